The molecule has 0 amide bonds. The Hall–Kier alpha value is -3.13. The molecule has 0 radical (unpaired) electrons. The fourth-order valence-electron chi connectivity index (χ4n) is 2.40. The number of hydrogen-bond donors (Lipinski definition) is 2. The van der Waals surface area contributed by atoms with Crippen LogP contribution in [0.3, 0.4) is 0 Å². The van der Waals surface area contributed by atoms with E-state index < -0.39 is 0 Å². The van der Waals surface area contributed by atoms with Crippen molar-refractivity contribution in [2.45, 2.75) is 20.4 Å². The van der Waals surface area contributed by atoms with Crippen LogP contribution in [0.5, 0.6) is 0 Å². The van der Waals surface area contributed by atoms with Crippen LogP contribution < -0.4 is 10.9 Å². The van der Waals surface area contributed by atoms with Gasteiger partial charge in [-0.2, -0.15) is 5.26 Å². The van der Waals surface area contributed by atoms with Crippen LogP contribution in [-0.2, 0) is 6.54 Å². The van der Waals surface area contributed by atoms with Gasteiger partial charge in [0.05, 0.1) is 5.56 Å². The second-order valence-electron chi connectivity index (χ2n) is 5.54. The summed E-state index contributed by atoms with van der Waals surface area (Å²) in [7, 11) is 0. The van der Waals surface area contributed by atoms with Crippen LogP contribution >= 0.6 is 0 Å². The summed E-state index contributed by atoms with van der Waals surface area (Å²) in [6.45, 7) is 4.45. The second-order valence-corrected chi connectivity index (χ2v) is 5.54. The fourth-order valence-corrected chi connectivity index (χ4v) is 2.40. The SMILES string of the molecule is Cc1cc2cc(CNc3ccc(C#N)cn3)c(=O)[nH]c2cc1C. The third-order valence-corrected chi connectivity index (χ3v) is 3.89. The van der Waals surface area contributed by atoms with Gasteiger partial charge < -0.3 is 10.3 Å². The van der Waals surface area contributed by atoms with Gasteiger partial charge in [-0.15, -0.1) is 0 Å². The number of rotatable bonds is 3. The first kappa shape index (κ1) is 14.8. The first-order valence-corrected chi connectivity index (χ1v) is 7.30. The highest BCUT2D eigenvalue weighted by Gasteiger charge is 2.05. The molecule has 0 unspecified atom stereocenters. The van der Waals surface area contributed by atoms with Crippen LogP contribution in [0.15, 0.2) is 41.3 Å². The van der Waals surface area contributed by atoms with E-state index in [-0.39, 0.29) is 5.56 Å². The highest BCUT2D eigenvalue weighted by atomic mass is 16.1. The van der Waals surface area contributed by atoms with Crippen LogP contribution in [-0.4, -0.2) is 9.97 Å². The number of aromatic amines is 1. The number of nitrogens with one attached hydrogen (secondary N) is 2. The summed E-state index contributed by atoms with van der Waals surface area (Å²) < 4.78 is 0. The molecule has 23 heavy (non-hydrogen) atoms. The van der Waals surface area contributed by atoms with Crippen molar-refractivity contribution >= 4 is 16.7 Å². The maximum atomic E-state index is 12.2. The molecule has 3 aromatic rings. The number of hydrogen-bond acceptors (Lipinski definition) is 4. The molecule has 0 bridgehead atoms. The van der Waals surface area contributed by atoms with Gasteiger partial charge >= 0.3 is 0 Å². The zero-order valence-electron chi connectivity index (χ0n) is 13.0. The molecule has 5 heteroatoms. The largest absolute Gasteiger partial charge is 0.366 e. The van der Waals surface area contributed by atoms with Gasteiger partial charge in [0.1, 0.15) is 11.9 Å². The quantitative estimate of drug-likeness (QED) is 0.779. The number of fused-ring (bicyclic) bond motifs is 1. The van der Waals surface area contributed by atoms with Crippen LogP contribution in [0.4, 0.5) is 5.82 Å². The standard InChI is InChI=1S/C18H16N4O/c1-11-5-14-7-15(18(23)22-16(14)6-12(11)2)10-21-17-4-3-13(8-19)9-20-17/h3-7,9H,10H2,1-2H3,(H,20,21)(H,22,23). The molecule has 5 nitrogen and oxygen atoms in total. The lowest BCUT2D eigenvalue weighted by Gasteiger charge is -2.08. The van der Waals surface area contributed by atoms with Gasteiger partial charge in [0.25, 0.3) is 5.56 Å². The van der Waals surface area contributed by atoms with Crippen molar-refractivity contribution in [3.8, 4) is 6.07 Å². The molecule has 0 atom stereocenters. The Kier molecular flexibility index (Phi) is 3.82. The van der Waals surface area contributed by atoms with E-state index in [0.29, 0.717) is 23.5 Å². The van der Waals surface area contributed by atoms with Gasteiger partial charge in [-0.25, -0.2) is 4.98 Å². The number of nitrogens with zero attached hydrogens (tertiary/aromatic N) is 2. The van der Waals surface area contributed by atoms with E-state index in [1.807, 2.05) is 25.1 Å². The molecule has 2 aromatic heterocycles. The van der Waals surface area contributed by atoms with E-state index in [1.165, 1.54) is 11.8 Å². The Labute approximate surface area is 133 Å². The van der Waals surface area contributed by atoms with Gasteiger partial charge in [0.15, 0.2) is 0 Å². The minimum absolute atomic E-state index is 0.109. The van der Waals surface area contributed by atoms with Crippen LogP contribution in [0.25, 0.3) is 10.9 Å². The third kappa shape index (κ3) is 3.06. The Bertz CT molecular complexity index is 965. The second kappa shape index (κ2) is 5.93. The lowest BCUT2D eigenvalue weighted by Crippen LogP contribution is -2.16. The van der Waals surface area contributed by atoms with Crippen molar-refractivity contribution in [2.24, 2.45) is 0 Å². The van der Waals surface area contributed by atoms with Gasteiger partial charge in [-0.05, 0) is 60.7 Å². The zero-order valence-corrected chi connectivity index (χ0v) is 13.0. The van der Waals surface area contributed by atoms with Gasteiger partial charge in [-0.1, -0.05) is 0 Å². The van der Waals surface area contributed by atoms with Crippen LogP contribution in [0.2, 0.25) is 0 Å². The summed E-state index contributed by atoms with van der Waals surface area (Å²) in [4.78, 5) is 19.3. The number of aromatic nitrogens is 2. The van der Waals surface area contributed by atoms with E-state index in [9.17, 15) is 4.79 Å². The van der Waals surface area contributed by atoms with Crippen molar-refractivity contribution in [1.82, 2.24) is 9.97 Å². The fraction of sp³-hybridized carbons (Fsp3) is 0.167. The number of aryl methyl sites for hydroxylation is 2. The Morgan fingerprint density at radius 2 is 2.00 bits per heavy atom. The van der Waals surface area contributed by atoms with Crippen LogP contribution in [0.1, 0.15) is 22.3 Å². The predicted octanol–water partition coefficient (Wildman–Crippen LogP) is 3.02. The summed E-state index contributed by atoms with van der Waals surface area (Å²) in [6, 6.07) is 11.4. The maximum absolute atomic E-state index is 12.2. The Morgan fingerprint density at radius 3 is 2.70 bits per heavy atom. The number of pyridine rings is 2. The van der Waals surface area contributed by atoms with Gasteiger partial charge in [0, 0.05) is 23.8 Å². The minimum atomic E-state index is -0.109. The molecule has 0 spiro atoms. The molecule has 3 rings (SSSR count). The monoisotopic (exact) mass is 304 g/mol. The number of benzene rings is 1. The van der Waals surface area contributed by atoms with E-state index in [4.69, 9.17) is 5.26 Å². The molecular weight excluding hydrogens is 288 g/mol. The van der Waals surface area contributed by atoms with E-state index in [0.717, 1.165) is 16.5 Å². The number of anilines is 1. The minimum Gasteiger partial charge on any atom is -0.366 e. The Morgan fingerprint density at radius 1 is 1.22 bits per heavy atom. The van der Waals surface area contributed by atoms with Crippen molar-refractivity contribution in [2.75, 3.05) is 5.32 Å². The molecule has 0 saturated carbocycles. The van der Waals surface area contributed by atoms with E-state index >= 15 is 0 Å². The summed E-state index contributed by atoms with van der Waals surface area (Å²) >= 11 is 0. The predicted molar refractivity (Wildman–Crippen MR) is 90.3 cm³/mol. The van der Waals surface area contributed by atoms with Crippen LogP contribution in [0, 0.1) is 25.2 Å². The van der Waals surface area contributed by atoms with Crippen molar-refractivity contribution in [1.29, 1.82) is 5.26 Å². The normalized spacial score (nSPS) is 10.5. The smallest absolute Gasteiger partial charge is 0.253 e. The average Bonchev–Trinajstić information content (AvgIpc) is 2.55. The maximum Gasteiger partial charge on any atom is 0.253 e. The molecule has 0 fully saturated rings. The molecule has 0 aliphatic heterocycles. The first-order chi connectivity index (χ1) is 11.1. The first-order valence-electron chi connectivity index (χ1n) is 7.30. The summed E-state index contributed by atoms with van der Waals surface area (Å²) in [5.41, 5.74) is 4.23. The molecule has 0 saturated heterocycles. The number of H-pyrrole nitrogens is 1. The average molecular weight is 304 g/mol. The zero-order chi connectivity index (χ0) is 16.4. The van der Waals surface area contributed by atoms with Gasteiger partial charge in [-0.3, -0.25) is 4.79 Å². The lowest BCUT2D eigenvalue weighted by atomic mass is 10.1. The highest BCUT2D eigenvalue weighted by molar-refractivity contribution is 5.80. The molecule has 2 N–H and O–H groups in total. The molecular formula is C18H16N4O. The molecule has 2 heterocycles. The highest BCUT2D eigenvalue weighted by Crippen LogP contribution is 2.17. The van der Waals surface area contributed by atoms with Gasteiger partial charge in [0.2, 0.25) is 0 Å². The molecule has 0 aliphatic rings. The van der Waals surface area contributed by atoms with Crippen molar-refractivity contribution in [3.05, 3.63) is 69.1 Å². The molecule has 114 valence electrons. The van der Waals surface area contributed by atoms with E-state index in [1.54, 1.807) is 12.1 Å². The van der Waals surface area contributed by atoms with Crippen molar-refractivity contribution < 1.29 is 0 Å². The summed E-state index contributed by atoms with van der Waals surface area (Å²) in [6.07, 6.45) is 1.50. The Balaban J connectivity index is 1.87. The summed E-state index contributed by atoms with van der Waals surface area (Å²) in [5.74, 6) is 0.628. The molecule has 1 aromatic carbocycles. The lowest BCUT2D eigenvalue weighted by molar-refractivity contribution is 1.07. The third-order valence-electron chi connectivity index (χ3n) is 3.89. The molecule has 0 aliphatic carbocycles. The summed E-state index contributed by atoms with van der Waals surface area (Å²) in [5, 5.41) is 12.9. The number of nitriles is 1. The van der Waals surface area contributed by atoms with E-state index in [2.05, 4.69) is 28.3 Å². The van der Waals surface area contributed by atoms with Crippen molar-refractivity contribution in [3.63, 3.8) is 0 Å². The topological polar surface area (TPSA) is 81.6 Å².